The monoisotopic (exact) mass is 189 g/mol. The fraction of sp³-hybridized carbons (Fsp3) is 0.444. The second-order valence-corrected chi connectivity index (χ2v) is 2.24. The van der Waals surface area contributed by atoms with Gasteiger partial charge in [0.15, 0.2) is 0 Å². The SMILES string of the molecule is C/C=C/C=C/C(=O)N(C)CC.Cl. The number of hydrogen-bond donors (Lipinski definition) is 0. The van der Waals surface area contributed by atoms with Crippen LogP contribution in [0, 0.1) is 0 Å². The summed E-state index contributed by atoms with van der Waals surface area (Å²) >= 11 is 0. The predicted octanol–water partition coefficient (Wildman–Crippen LogP) is 2.02. The van der Waals surface area contributed by atoms with E-state index in [-0.39, 0.29) is 18.3 Å². The van der Waals surface area contributed by atoms with Gasteiger partial charge in [0.2, 0.25) is 5.91 Å². The summed E-state index contributed by atoms with van der Waals surface area (Å²) in [6.45, 7) is 4.61. The molecule has 0 atom stereocenters. The predicted molar refractivity (Wildman–Crippen MR) is 54.5 cm³/mol. The highest BCUT2D eigenvalue weighted by atomic mass is 35.5. The first-order chi connectivity index (χ1) is 5.22. The van der Waals surface area contributed by atoms with Crippen molar-refractivity contribution in [1.29, 1.82) is 0 Å². The summed E-state index contributed by atoms with van der Waals surface area (Å²) in [6.07, 6.45) is 7.02. The molecule has 0 heterocycles. The molecule has 0 aliphatic heterocycles. The van der Waals surface area contributed by atoms with Gasteiger partial charge in [-0.15, -0.1) is 12.4 Å². The third-order valence-electron chi connectivity index (χ3n) is 1.39. The molecule has 0 aromatic rings. The molecule has 0 fully saturated rings. The lowest BCUT2D eigenvalue weighted by Gasteiger charge is -2.10. The van der Waals surface area contributed by atoms with Gasteiger partial charge in [-0.1, -0.05) is 18.2 Å². The highest BCUT2D eigenvalue weighted by Gasteiger charge is 1.98. The molecule has 0 radical (unpaired) electrons. The Morgan fingerprint density at radius 3 is 2.42 bits per heavy atom. The second kappa shape index (κ2) is 8.34. The Morgan fingerprint density at radius 2 is 2.00 bits per heavy atom. The smallest absolute Gasteiger partial charge is 0.246 e. The molecule has 0 aliphatic carbocycles. The molecule has 70 valence electrons. The van der Waals surface area contributed by atoms with E-state index in [2.05, 4.69) is 0 Å². The highest BCUT2D eigenvalue weighted by Crippen LogP contribution is 1.86. The quantitative estimate of drug-likeness (QED) is 0.492. The van der Waals surface area contributed by atoms with Crippen LogP contribution in [0.25, 0.3) is 0 Å². The zero-order chi connectivity index (χ0) is 8.69. The number of hydrogen-bond acceptors (Lipinski definition) is 1. The molecule has 0 unspecified atom stereocenters. The van der Waals surface area contributed by atoms with Crippen LogP contribution in [0.1, 0.15) is 13.8 Å². The first-order valence-electron chi connectivity index (χ1n) is 3.76. The Labute approximate surface area is 80.4 Å². The Hall–Kier alpha value is -0.760. The van der Waals surface area contributed by atoms with E-state index in [1.165, 1.54) is 0 Å². The van der Waals surface area contributed by atoms with Gasteiger partial charge in [0.25, 0.3) is 0 Å². The molecule has 0 aliphatic rings. The minimum absolute atomic E-state index is 0. The number of rotatable bonds is 3. The second-order valence-electron chi connectivity index (χ2n) is 2.24. The van der Waals surface area contributed by atoms with Crippen LogP contribution in [0.5, 0.6) is 0 Å². The molecule has 2 nitrogen and oxygen atoms in total. The van der Waals surface area contributed by atoms with E-state index in [1.54, 1.807) is 24.1 Å². The number of carbonyl (C=O) groups is 1. The third kappa shape index (κ3) is 5.98. The molecule has 0 bridgehead atoms. The minimum Gasteiger partial charge on any atom is -0.343 e. The molecule has 0 saturated carbocycles. The van der Waals surface area contributed by atoms with Crippen molar-refractivity contribution >= 4 is 18.3 Å². The fourth-order valence-electron chi connectivity index (χ4n) is 0.532. The van der Waals surface area contributed by atoms with Gasteiger partial charge in [0.05, 0.1) is 0 Å². The molecule has 0 rings (SSSR count). The van der Waals surface area contributed by atoms with Crippen LogP contribution < -0.4 is 0 Å². The summed E-state index contributed by atoms with van der Waals surface area (Å²) in [7, 11) is 1.78. The topological polar surface area (TPSA) is 20.3 Å². The molecule has 1 amide bonds. The molecular formula is C9H16ClNO. The van der Waals surface area contributed by atoms with Crippen LogP contribution in [-0.4, -0.2) is 24.4 Å². The van der Waals surface area contributed by atoms with Crippen molar-refractivity contribution in [1.82, 2.24) is 4.90 Å². The molecule has 3 heteroatoms. The lowest BCUT2D eigenvalue weighted by atomic mass is 10.4. The molecule has 12 heavy (non-hydrogen) atoms. The molecular weight excluding hydrogens is 174 g/mol. The largest absolute Gasteiger partial charge is 0.343 e. The zero-order valence-electron chi connectivity index (χ0n) is 7.78. The number of likely N-dealkylation sites (N-methyl/N-ethyl adjacent to an activating group) is 1. The number of carbonyl (C=O) groups excluding carboxylic acids is 1. The van der Waals surface area contributed by atoms with Crippen molar-refractivity contribution in [2.45, 2.75) is 13.8 Å². The van der Waals surface area contributed by atoms with Crippen LogP contribution in [0.2, 0.25) is 0 Å². The van der Waals surface area contributed by atoms with Crippen LogP contribution in [0.15, 0.2) is 24.3 Å². The van der Waals surface area contributed by atoms with Gasteiger partial charge in [-0.2, -0.15) is 0 Å². The van der Waals surface area contributed by atoms with Crippen molar-refractivity contribution in [2.24, 2.45) is 0 Å². The highest BCUT2D eigenvalue weighted by molar-refractivity contribution is 5.87. The lowest BCUT2D eigenvalue weighted by Crippen LogP contribution is -2.23. The summed E-state index contributed by atoms with van der Waals surface area (Å²) in [6, 6.07) is 0. The van der Waals surface area contributed by atoms with Crippen LogP contribution in [0.3, 0.4) is 0 Å². The van der Waals surface area contributed by atoms with Crippen LogP contribution in [0.4, 0.5) is 0 Å². The average Bonchev–Trinajstić information content (AvgIpc) is 2.03. The molecule has 0 saturated heterocycles. The first-order valence-corrected chi connectivity index (χ1v) is 3.76. The Morgan fingerprint density at radius 1 is 1.42 bits per heavy atom. The Balaban J connectivity index is 0. The third-order valence-corrected chi connectivity index (χ3v) is 1.39. The Kier molecular flexibility index (Phi) is 9.59. The van der Waals surface area contributed by atoms with Gasteiger partial charge in [0, 0.05) is 19.7 Å². The van der Waals surface area contributed by atoms with Gasteiger partial charge in [-0.05, 0) is 13.8 Å². The summed E-state index contributed by atoms with van der Waals surface area (Å²) in [4.78, 5) is 12.7. The summed E-state index contributed by atoms with van der Waals surface area (Å²) in [5, 5.41) is 0. The summed E-state index contributed by atoms with van der Waals surface area (Å²) < 4.78 is 0. The van der Waals surface area contributed by atoms with E-state index in [0.717, 1.165) is 6.54 Å². The van der Waals surface area contributed by atoms with E-state index in [1.807, 2.05) is 26.0 Å². The lowest BCUT2D eigenvalue weighted by molar-refractivity contribution is -0.124. The molecule has 0 N–H and O–H groups in total. The van der Waals surface area contributed by atoms with E-state index in [0.29, 0.717) is 0 Å². The standard InChI is InChI=1S/C9H15NO.ClH/c1-4-6-7-8-9(11)10(3)5-2;/h4,6-8H,5H2,1-3H3;1H/b6-4+,8-7+;. The summed E-state index contributed by atoms with van der Waals surface area (Å²) in [5.74, 6) is 0.0469. The normalized spacial score (nSPS) is 10.2. The fourth-order valence-corrected chi connectivity index (χ4v) is 0.532. The average molecular weight is 190 g/mol. The van der Waals surface area contributed by atoms with Gasteiger partial charge in [0.1, 0.15) is 0 Å². The van der Waals surface area contributed by atoms with E-state index < -0.39 is 0 Å². The maximum atomic E-state index is 11.1. The number of amides is 1. The van der Waals surface area contributed by atoms with Crippen molar-refractivity contribution in [3.05, 3.63) is 24.3 Å². The van der Waals surface area contributed by atoms with Crippen molar-refractivity contribution in [3.8, 4) is 0 Å². The van der Waals surface area contributed by atoms with Crippen molar-refractivity contribution < 1.29 is 4.79 Å². The van der Waals surface area contributed by atoms with Crippen LogP contribution >= 0.6 is 12.4 Å². The number of halogens is 1. The van der Waals surface area contributed by atoms with E-state index >= 15 is 0 Å². The zero-order valence-corrected chi connectivity index (χ0v) is 8.60. The van der Waals surface area contributed by atoms with Gasteiger partial charge >= 0.3 is 0 Å². The molecule has 0 spiro atoms. The maximum absolute atomic E-state index is 11.1. The number of nitrogens with zero attached hydrogens (tertiary/aromatic N) is 1. The maximum Gasteiger partial charge on any atom is 0.246 e. The van der Waals surface area contributed by atoms with Gasteiger partial charge in [-0.25, -0.2) is 0 Å². The minimum atomic E-state index is 0. The summed E-state index contributed by atoms with van der Waals surface area (Å²) in [5.41, 5.74) is 0. The van der Waals surface area contributed by atoms with Crippen molar-refractivity contribution in [2.75, 3.05) is 13.6 Å². The van der Waals surface area contributed by atoms with E-state index in [9.17, 15) is 4.79 Å². The van der Waals surface area contributed by atoms with Crippen molar-refractivity contribution in [3.63, 3.8) is 0 Å². The molecule has 0 aromatic heterocycles. The van der Waals surface area contributed by atoms with E-state index in [4.69, 9.17) is 0 Å². The first kappa shape index (κ1) is 13.8. The molecule has 0 aromatic carbocycles. The Bertz CT molecular complexity index is 175. The van der Waals surface area contributed by atoms with Crippen LogP contribution in [-0.2, 0) is 4.79 Å². The van der Waals surface area contributed by atoms with Gasteiger partial charge in [-0.3, -0.25) is 4.79 Å². The van der Waals surface area contributed by atoms with Gasteiger partial charge < -0.3 is 4.90 Å². The number of allylic oxidation sites excluding steroid dienone is 3.